The first-order valence-electron chi connectivity index (χ1n) is 9.04. The number of hydrogen-bond donors (Lipinski definition) is 2. The van der Waals surface area contributed by atoms with E-state index in [0.29, 0.717) is 24.8 Å². The zero-order chi connectivity index (χ0) is 18.5. The van der Waals surface area contributed by atoms with Crippen LogP contribution in [0.5, 0.6) is 11.5 Å². The summed E-state index contributed by atoms with van der Waals surface area (Å²) in [6.45, 7) is 11.9. The summed E-state index contributed by atoms with van der Waals surface area (Å²) >= 11 is 0. The molecule has 0 unspecified atom stereocenters. The third-order valence-electron chi connectivity index (χ3n) is 3.24. The molecule has 0 heterocycles. The number of benzene rings is 1. The number of aliphatic imine (C=N–C) groups is 1. The molecule has 0 aliphatic carbocycles. The molecule has 0 amide bonds. The van der Waals surface area contributed by atoms with Gasteiger partial charge in [-0.1, -0.05) is 13.8 Å². The molecular weight excluding hydrogens is 445 g/mol. The molecule has 1 aromatic carbocycles. The van der Waals surface area contributed by atoms with Crippen LogP contribution < -0.4 is 20.1 Å². The van der Waals surface area contributed by atoms with Crippen molar-refractivity contribution in [1.82, 2.24) is 5.32 Å². The van der Waals surface area contributed by atoms with Gasteiger partial charge in [-0.2, -0.15) is 0 Å². The molecule has 0 aromatic heterocycles. The number of nitrogens with zero attached hydrogens (tertiary/aromatic N) is 1. The van der Waals surface area contributed by atoms with E-state index in [-0.39, 0.29) is 24.0 Å². The number of halogens is 1. The Kier molecular flexibility index (Phi) is 14.2. The van der Waals surface area contributed by atoms with Crippen LogP contribution in [0.25, 0.3) is 0 Å². The lowest BCUT2D eigenvalue weighted by Crippen LogP contribution is -2.30. The number of methoxy groups -OCH3 is 1. The summed E-state index contributed by atoms with van der Waals surface area (Å²) in [6.07, 6.45) is 0.899. The zero-order valence-electron chi connectivity index (χ0n) is 16.6. The van der Waals surface area contributed by atoms with Crippen LogP contribution in [0.3, 0.4) is 0 Å². The van der Waals surface area contributed by atoms with E-state index in [0.717, 1.165) is 43.6 Å². The van der Waals surface area contributed by atoms with Crippen molar-refractivity contribution in [3.8, 4) is 11.5 Å². The quantitative estimate of drug-likeness (QED) is 0.216. The van der Waals surface area contributed by atoms with Gasteiger partial charge in [0.05, 0.1) is 13.7 Å². The van der Waals surface area contributed by atoms with Crippen LogP contribution >= 0.6 is 24.0 Å². The summed E-state index contributed by atoms with van der Waals surface area (Å²) in [4.78, 5) is 4.59. The van der Waals surface area contributed by atoms with Crippen LogP contribution in [0, 0.1) is 5.92 Å². The molecule has 0 saturated heterocycles. The van der Waals surface area contributed by atoms with E-state index in [1.165, 1.54) is 0 Å². The molecule has 0 radical (unpaired) electrons. The second-order valence-corrected chi connectivity index (χ2v) is 6.01. The second-order valence-electron chi connectivity index (χ2n) is 6.01. The van der Waals surface area contributed by atoms with Gasteiger partial charge in [0, 0.05) is 38.1 Å². The van der Waals surface area contributed by atoms with Crippen molar-refractivity contribution in [2.75, 3.05) is 45.3 Å². The highest BCUT2D eigenvalue weighted by atomic mass is 127. The molecule has 0 spiro atoms. The summed E-state index contributed by atoms with van der Waals surface area (Å²) in [5.41, 5.74) is 0.903. The first kappa shape index (κ1) is 24.8. The van der Waals surface area contributed by atoms with E-state index in [4.69, 9.17) is 14.2 Å². The van der Waals surface area contributed by atoms with E-state index in [1.807, 2.05) is 32.0 Å². The molecule has 0 saturated carbocycles. The maximum absolute atomic E-state index is 5.61. The maximum atomic E-state index is 5.61. The normalized spacial score (nSPS) is 11.1. The highest BCUT2D eigenvalue weighted by Crippen LogP contribution is 2.30. The van der Waals surface area contributed by atoms with Crippen LogP contribution in [-0.2, 0) is 4.74 Å². The highest BCUT2D eigenvalue weighted by Gasteiger charge is 2.07. The molecule has 1 aromatic rings. The zero-order valence-corrected chi connectivity index (χ0v) is 19.0. The molecular formula is C19H34IN3O3. The Morgan fingerprint density at radius 1 is 1.19 bits per heavy atom. The number of ether oxygens (including phenoxy) is 3. The smallest absolute Gasteiger partial charge is 0.195 e. The summed E-state index contributed by atoms with van der Waals surface area (Å²) < 4.78 is 16.5. The van der Waals surface area contributed by atoms with Gasteiger partial charge >= 0.3 is 0 Å². The molecule has 0 bridgehead atoms. The Morgan fingerprint density at radius 3 is 2.58 bits per heavy atom. The minimum Gasteiger partial charge on any atom is -0.493 e. The molecule has 6 nitrogen and oxygen atoms in total. The van der Waals surface area contributed by atoms with Crippen molar-refractivity contribution in [2.24, 2.45) is 10.9 Å². The fourth-order valence-electron chi connectivity index (χ4n) is 2.14. The van der Waals surface area contributed by atoms with Crippen LogP contribution in [0.2, 0.25) is 0 Å². The summed E-state index contributed by atoms with van der Waals surface area (Å²) in [5.74, 6) is 2.75. The third-order valence-corrected chi connectivity index (χ3v) is 3.24. The Balaban J connectivity index is 0.00000625. The first-order chi connectivity index (χ1) is 12.1. The minimum atomic E-state index is 0. The molecule has 1 rings (SSSR count). The van der Waals surface area contributed by atoms with Crippen LogP contribution in [0.1, 0.15) is 34.1 Å². The van der Waals surface area contributed by atoms with Gasteiger partial charge in [-0.05, 0) is 38.3 Å². The predicted molar refractivity (Wildman–Crippen MR) is 119 cm³/mol. The van der Waals surface area contributed by atoms with Gasteiger partial charge in [0.15, 0.2) is 17.5 Å². The predicted octanol–water partition coefficient (Wildman–Crippen LogP) is 4.15. The van der Waals surface area contributed by atoms with E-state index in [1.54, 1.807) is 7.11 Å². The standard InChI is InChI=1S/C19H33N3O3.HI/c1-6-20-19(21-11-8-12-24-14-15(3)4)22-16-9-10-17(23-5)18(13-16)25-7-2;/h9-10,13,15H,6-8,11-12,14H2,1-5H3,(H2,20,21,22);1H. The number of hydrogen-bond acceptors (Lipinski definition) is 4. The van der Waals surface area contributed by atoms with E-state index < -0.39 is 0 Å². The molecule has 0 atom stereocenters. The van der Waals surface area contributed by atoms with Crippen LogP contribution in [0.15, 0.2) is 23.2 Å². The van der Waals surface area contributed by atoms with Gasteiger partial charge in [0.2, 0.25) is 0 Å². The summed E-state index contributed by atoms with van der Waals surface area (Å²) in [7, 11) is 1.64. The topological polar surface area (TPSA) is 64.1 Å². The van der Waals surface area contributed by atoms with Crippen LogP contribution in [-0.4, -0.2) is 46.0 Å². The van der Waals surface area contributed by atoms with Crippen molar-refractivity contribution in [3.05, 3.63) is 18.2 Å². The molecule has 26 heavy (non-hydrogen) atoms. The SMILES string of the molecule is CCNC(=NCCCOCC(C)C)Nc1ccc(OC)c(OCC)c1.I. The molecule has 150 valence electrons. The maximum Gasteiger partial charge on any atom is 0.195 e. The van der Waals surface area contributed by atoms with Crippen molar-refractivity contribution in [2.45, 2.75) is 34.1 Å². The van der Waals surface area contributed by atoms with Gasteiger partial charge in [-0.25, -0.2) is 0 Å². The van der Waals surface area contributed by atoms with Crippen molar-refractivity contribution < 1.29 is 14.2 Å². The first-order valence-corrected chi connectivity index (χ1v) is 9.04. The summed E-state index contributed by atoms with van der Waals surface area (Å²) in [6, 6.07) is 5.75. The van der Waals surface area contributed by atoms with E-state index in [9.17, 15) is 0 Å². The number of rotatable bonds is 11. The Labute approximate surface area is 175 Å². The molecule has 7 heteroatoms. The monoisotopic (exact) mass is 479 g/mol. The average molecular weight is 479 g/mol. The lowest BCUT2D eigenvalue weighted by atomic mass is 10.2. The van der Waals surface area contributed by atoms with Gasteiger partial charge in [-0.15, -0.1) is 24.0 Å². The van der Waals surface area contributed by atoms with E-state index in [2.05, 4.69) is 29.5 Å². The lowest BCUT2D eigenvalue weighted by molar-refractivity contribution is 0.109. The minimum absolute atomic E-state index is 0. The molecule has 2 N–H and O–H groups in total. The molecule has 0 aliphatic heterocycles. The Morgan fingerprint density at radius 2 is 1.96 bits per heavy atom. The second kappa shape index (κ2) is 14.9. The lowest BCUT2D eigenvalue weighted by Gasteiger charge is -2.14. The fraction of sp³-hybridized carbons (Fsp3) is 0.632. The van der Waals surface area contributed by atoms with Crippen molar-refractivity contribution in [3.63, 3.8) is 0 Å². The summed E-state index contributed by atoms with van der Waals surface area (Å²) in [5, 5.41) is 6.55. The van der Waals surface area contributed by atoms with Gasteiger partial charge < -0.3 is 24.8 Å². The third kappa shape index (κ3) is 10.1. The number of anilines is 1. The Hall–Kier alpha value is -1.22. The largest absolute Gasteiger partial charge is 0.493 e. The number of nitrogens with one attached hydrogen (secondary N) is 2. The number of guanidine groups is 1. The average Bonchev–Trinajstić information content (AvgIpc) is 2.58. The highest BCUT2D eigenvalue weighted by molar-refractivity contribution is 14.0. The van der Waals surface area contributed by atoms with Gasteiger partial charge in [0.1, 0.15) is 0 Å². The van der Waals surface area contributed by atoms with Crippen LogP contribution in [0.4, 0.5) is 5.69 Å². The molecule has 0 fully saturated rings. The fourth-order valence-corrected chi connectivity index (χ4v) is 2.14. The van der Waals surface area contributed by atoms with E-state index >= 15 is 0 Å². The van der Waals surface area contributed by atoms with Gasteiger partial charge in [-0.3, -0.25) is 4.99 Å². The Bertz CT molecular complexity index is 525. The molecule has 0 aliphatic rings. The van der Waals surface area contributed by atoms with Gasteiger partial charge in [0.25, 0.3) is 0 Å². The van der Waals surface area contributed by atoms with Crippen molar-refractivity contribution >= 4 is 35.6 Å². The van der Waals surface area contributed by atoms with Crippen molar-refractivity contribution in [1.29, 1.82) is 0 Å².